The van der Waals surface area contributed by atoms with E-state index in [1.54, 1.807) is 26.6 Å². The average molecular weight is 409 g/mol. The van der Waals surface area contributed by atoms with Gasteiger partial charge in [0.05, 0.1) is 37.1 Å². The average Bonchev–Trinajstić information content (AvgIpc) is 2.71. The molecule has 158 valence electrons. The van der Waals surface area contributed by atoms with Crippen LogP contribution in [0.1, 0.15) is 11.1 Å². The van der Waals surface area contributed by atoms with E-state index < -0.39 is 0 Å². The molecule has 0 atom stereocenters. The van der Waals surface area contributed by atoms with Crippen LogP contribution >= 0.6 is 0 Å². The normalized spacial score (nSPS) is 11.1. The van der Waals surface area contributed by atoms with Gasteiger partial charge in [0.2, 0.25) is 5.95 Å². The fourth-order valence-electron chi connectivity index (χ4n) is 3.29. The summed E-state index contributed by atoms with van der Waals surface area (Å²) in [6.45, 7) is 2.38. The Labute approximate surface area is 175 Å². The smallest absolute Gasteiger partial charge is 0.260 e. The quantitative estimate of drug-likeness (QED) is 0.477. The fourth-order valence-corrected chi connectivity index (χ4v) is 3.29. The van der Waals surface area contributed by atoms with Crippen LogP contribution in [0.25, 0.3) is 10.9 Å². The summed E-state index contributed by atoms with van der Waals surface area (Å²) in [5.41, 5.74) is 2.95. The molecule has 2 aromatic carbocycles. The zero-order chi connectivity index (χ0) is 21.8. The van der Waals surface area contributed by atoms with E-state index in [0.29, 0.717) is 40.5 Å². The van der Waals surface area contributed by atoms with Gasteiger partial charge in [-0.15, -0.1) is 0 Å². The molecule has 0 unspecified atom stereocenters. The van der Waals surface area contributed by atoms with Crippen LogP contribution in [0.4, 0.5) is 11.6 Å². The molecule has 3 rings (SSSR count). The summed E-state index contributed by atoms with van der Waals surface area (Å²) in [6.07, 6.45) is 1.76. The second kappa shape index (κ2) is 8.86. The molecule has 8 heteroatoms. The largest absolute Gasteiger partial charge is 0.493 e. The van der Waals surface area contributed by atoms with Crippen molar-refractivity contribution in [3.8, 4) is 11.5 Å². The highest BCUT2D eigenvalue weighted by molar-refractivity contribution is 5.86. The van der Waals surface area contributed by atoms with Crippen LogP contribution in [0.5, 0.6) is 11.5 Å². The molecule has 0 radical (unpaired) electrons. The number of ether oxygens (including phenoxy) is 2. The van der Waals surface area contributed by atoms with E-state index in [1.807, 2.05) is 62.1 Å². The number of methoxy groups -OCH3 is 2. The molecule has 0 saturated heterocycles. The van der Waals surface area contributed by atoms with Crippen LogP contribution in [-0.2, 0) is 6.54 Å². The van der Waals surface area contributed by atoms with E-state index in [9.17, 15) is 4.79 Å². The molecule has 1 aromatic heterocycles. The van der Waals surface area contributed by atoms with Crippen LogP contribution in [0.15, 0.2) is 40.1 Å². The Kier molecular flexibility index (Phi) is 6.25. The van der Waals surface area contributed by atoms with Gasteiger partial charge >= 0.3 is 0 Å². The third kappa shape index (κ3) is 4.37. The number of rotatable bonds is 7. The number of hydrogen-bond acceptors (Lipinski definition) is 6. The molecule has 0 aliphatic rings. The van der Waals surface area contributed by atoms with E-state index >= 15 is 0 Å². The maximum absolute atomic E-state index is 12.8. The summed E-state index contributed by atoms with van der Waals surface area (Å²) in [7, 11) is 8.85. The van der Waals surface area contributed by atoms with Crippen LogP contribution in [0.3, 0.4) is 0 Å². The Morgan fingerprint density at radius 3 is 2.60 bits per heavy atom. The maximum atomic E-state index is 12.8. The summed E-state index contributed by atoms with van der Waals surface area (Å²) < 4.78 is 10.8. The van der Waals surface area contributed by atoms with Gasteiger partial charge in [-0.25, -0.2) is 9.98 Å². The summed E-state index contributed by atoms with van der Waals surface area (Å²) in [5, 5.41) is 0.491. The molecule has 1 N–H and O–H groups in total. The van der Waals surface area contributed by atoms with Crippen molar-refractivity contribution in [2.24, 2.45) is 4.99 Å². The lowest BCUT2D eigenvalue weighted by Crippen LogP contribution is -2.23. The van der Waals surface area contributed by atoms with Crippen molar-refractivity contribution in [2.45, 2.75) is 13.5 Å². The minimum Gasteiger partial charge on any atom is -0.493 e. The summed E-state index contributed by atoms with van der Waals surface area (Å²) in [6, 6.07) is 9.66. The third-order valence-electron chi connectivity index (χ3n) is 4.70. The monoisotopic (exact) mass is 409 g/mol. The lowest BCUT2D eigenvalue weighted by Gasteiger charge is -2.19. The van der Waals surface area contributed by atoms with Gasteiger partial charge < -0.3 is 19.3 Å². The molecule has 0 bridgehead atoms. The number of aliphatic imine (C=N–C) groups is 1. The van der Waals surface area contributed by atoms with Crippen LogP contribution < -0.4 is 19.9 Å². The van der Waals surface area contributed by atoms with E-state index in [0.717, 1.165) is 11.3 Å². The van der Waals surface area contributed by atoms with Crippen LogP contribution in [-0.4, -0.2) is 56.6 Å². The zero-order valence-electron chi connectivity index (χ0n) is 18.2. The standard InChI is InChI=1S/C22H27N5O3/c1-14-19-17(11-18(29-5)20(14)30-6)24-22(25-21(19)28)27(4)12-15-8-7-9-16(10-15)23-13-26(2)3/h7-11,13H,12H2,1-6H3,(H,24,25,28). The minimum absolute atomic E-state index is 0.218. The molecule has 3 aromatic rings. The highest BCUT2D eigenvalue weighted by atomic mass is 16.5. The predicted molar refractivity (Wildman–Crippen MR) is 121 cm³/mol. The first-order valence-electron chi connectivity index (χ1n) is 9.50. The molecular weight excluding hydrogens is 382 g/mol. The zero-order valence-corrected chi connectivity index (χ0v) is 18.2. The Balaban J connectivity index is 1.95. The van der Waals surface area contributed by atoms with Crippen molar-refractivity contribution >= 4 is 28.9 Å². The van der Waals surface area contributed by atoms with Gasteiger partial charge in [-0.2, -0.15) is 0 Å². The Bertz CT molecular complexity index is 1140. The number of anilines is 1. The molecule has 0 aliphatic heterocycles. The first-order chi connectivity index (χ1) is 14.3. The van der Waals surface area contributed by atoms with Crippen LogP contribution in [0.2, 0.25) is 0 Å². The second-order valence-electron chi connectivity index (χ2n) is 7.25. The van der Waals surface area contributed by atoms with E-state index in [4.69, 9.17) is 9.47 Å². The van der Waals surface area contributed by atoms with Gasteiger partial charge in [0, 0.05) is 39.3 Å². The Morgan fingerprint density at radius 1 is 1.17 bits per heavy atom. The van der Waals surface area contributed by atoms with Gasteiger partial charge in [-0.1, -0.05) is 12.1 Å². The van der Waals surface area contributed by atoms with Crippen molar-refractivity contribution in [3.05, 3.63) is 51.8 Å². The maximum Gasteiger partial charge on any atom is 0.260 e. The first kappa shape index (κ1) is 21.2. The highest BCUT2D eigenvalue weighted by Gasteiger charge is 2.17. The molecule has 0 spiro atoms. The third-order valence-corrected chi connectivity index (χ3v) is 4.70. The summed E-state index contributed by atoms with van der Waals surface area (Å²) in [4.78, 5) is 28.5. The molecule has 0 saturated carbocycles. The number of nitrogens with zero attached hydrogens (tertiary/aromatic N) is 4. The molecule has 0 amide bonds. The van der Waals surface area contributed by atoms with Crippen LogP contribution in [0, 0.1) is 6.92 Å². The fraction of sp³-hybridized carbons (Fsp3) is 0.318. The van der Waals surface area contributed by atoms with Crippen molar-refractivity contribution in [3.63, 3.8) is 0 Å². The summed E-state index contributed by atoms with van der Waals surface area (Å²) in [5.74, 6) is 1.55. The minimum atomic E-state index is -0.218. The number of hydrogen-bond donors (Lipinski definition) is 1. The number of aromatic nitrogens is 2. The van der Waals surface area contributed by atoms with Crippen molar-refractivity contribution in [1.29, 1.82) is 0 Å². The molecular formula is C22H27N5O3. The van der Waals surface area contributed by atoms with Crippen molar-refractivity contribution < 1.29 is 9.47 Å². The van der Waals surface area contributed by atoms with Gasteiger partial charge in [0.1, 0.15) is 0 Å². The molecule has 0 fully saturated rings. The van der Waals surface area contributed by atoms with E-state index in [-0.39, 0.29) is 5.56 Å². The van der Waals surface area contributed by atoms with Crippen molar-refractivity contribution in [1.82, 2.24) is 14.9 Å². The number of H-pyrrole nitrogens is 1. The molecule has 0 aliphatic carbocycles. The second-order valence-corrected chi connectivity index (χ2v) is 7.25. The van der Waals surface area contributed by atoms with E-state index in [2.05, 4.69) is 15.0 Å². The Morgan fingerprint density at radius 2 is 1.93 bits per heavy atom. The number of fused-ring (bicyclic) bond motifs is 1. The number of benzene rings is 2. The number of nitrogens with one attached hydrogen (secondary N) is 1. The topological polar surface area (TPSA) is 83.0 Å². The van der Waals surface area contributed by atoms with Gasteiger partial charge in [-0.05, 0) is 24.6 Å². The lowest BCUT2D eigenvalue weighted by molar-refractivity contribution is 0.354. The predicted octanol–water partition coefficient (Wildman–Crippen LogP) is 3.11. The van der Waals surface area contributed by atoms with Gasteiger partial charge in [0.25, 0.3) is 5.56 Å². The van der Waals surface area contributed by atoms with Crippen molar-refractivity contribution in [2.75, 3.05) is 40.3 Å². The lowest BCUT2D eigenvalue weighted by atomic mass is 10.1. The Hall–Kier alpha value is -3.55. The van der Waals surface area contributed by atoms with Gasteiger partial charge in [0.15, 0.2) is 11.5 Å². The van der Waals surface area contributed by atoms with Gasteiger partial charge in [-0.3, -0.25) is 9.78 Å². The summed E-state index contributed by atoms with van der Waals surface area (Å²) >= 11 is 0. The first-order valence-corrected chi connectivity index (χ1v) is 9.50. The molecule has 1 heterocycles. The number of aromatic amines is 1. The molecule has 30 heavy (non-hydrogen) atoms. The van der Waals surface area contributed by atoms with E-state index in [1.165, 1.54) is 0 Å². The molecule has 8 nitrogen and oxygen atoms in total. The SMILES string of the molecule is COc1cc2nc(N(C)Cc3cccc(N=CN(C)C)c3)[nH]c(=O)c2c(C)c1OC. The highest BCUT2D eigenvalue weighted by Crippen LogP contribution is 2.35. The number of aryl methyl sites for hydroxylation is 1.